The second kappa shape index (κ2) is 7.00. The van der Waals surface area contributed by atoms with Crippen LogP contribution in [-0.4, -0.2) is 29.4 Å². The SMILES string of the molecule is CCc1noc([C@@H](C)N[C@H](C)c2cccc(N3CCOC3=O)c2)n1. The molecule has 2 heterocycles. The molecule has 1 saturated heterocycles. The van der Waals surface area contributed by atoms with Crippen LogP contribution < -0.4 is 10.2 Å². The quantitative estimate of drug-likeness (QED) is 0.877. The summed E-state index contributed by atoms with van der Waals surface area (Å²) < 4.78 is 10.3. The van der Waals surface area contributed by atoms with Crippen LogP contribution in [0.3, 0.4) is 0 Å². The number of benzene rings is 1. The number of nitrogens with one attached hydrogen (secondary N) is 1. The highest BCUT2D eigenvalue weighted by Crippen LogP contribution is 2.24. The fourth-order valence-corrected chi connectivity index (χ4v) is 2.72. The molecule has 0 unspecified atom stereocenters. The monoisotopic (exact) mass is 330 g/mol. The Labute approximate surface area is 141 Å². The van der Waals surface area contributed by atoms with Crippen LogP contribution in [0.5, 0.6) is 0 Å². The summed E-state index contributed by atoms with van der Waals surface area (Å²) in [6, 6.07) is 7.89. The first-order valence-electron chi connectivity index (χ1n) is 8.21. The van der Waals surface area contributed by atoms with Crippen molar-refractivity contribution in [2.75, 3.05) is 18.1 Å². The molecule has 0 spiro atoms. The molecule has 1 N–H and O–H groups in total. The maximum absolute atomic E-state index is 11.7. The summed E-state index contributed by atoms with van der Waals surface area (Å²) in [7, 11) is 0. The molecule has 0 saturated carbocycles. The van der Waals surface area contributed by atoms with Crippen LogP contribution in [0.4, 0.5) is 10.5 Å². The topological polar surface area (TPSA) is 80.5 Å². The molecule has 0 bridgehead atoms. The number of rotatable bonds is 6. The minimum absolute atomic E-state index is 0.0618. The third-order valence-corrected chi connectivity index (χ3v) is 4.11. The minimum Gasteiger partial charge on any atom is -0.447 e. The van der Waals surface area contributed by atoms with Gasteiger partial charge >= 0.3 is 6.09 Å². The third kappa shape index (κ3) is 3.41. The molecule has 2 aromatic rings. The normalized spacial score (nSPS) is 17.0. The van der Waals surface area contributed by atoms with E-state index in [9.17, 15) is 4.79 Å². The molecule has 1 aromatic heterocycles. The van der Waals surface area contributed by atoms with Gasteiger partial charge in [0.25, 0.3) is 0 Å². The van der Waals surface area contributed by atoms with E-state index in [1.807, 2.05) is 38.1 Å². The van der Waals surface area contributed by atoms with Crippen molar-refractivity contribution in [3.8, 4) is 0 Å². The lowest BCUT2D eigenvalue weighted by Crippen LogP contribution is -2.25. The standard InChI is InChI=1S/C17H22N4O3/c1-4-15-19-16(24-20-15)12(3)18-11(2)13-6-5-7-14(10-13)21-8-9-23-17(21)22/h5-7,10-12,18H,4,8-9H2,1-3H3/t11-,12-/m1/s1. The summed E-state index contributed by atoms with van der Waals surface area (Å²) in [5, 5.41) is 7.37. The van der Waals surface area contributed by atoms with Crippen LogP contribution in [0, 0.1) is 0 Å². The smallest absolute Gasteiger partial charge is 0.414 e. The van der Waals surface area contributed by atoms with E-state index in [0.717, 1.165) is 17.7 Å². The molecule has 7 heteroatoms. The van der Waals surface area contributed by atoms with E-state index in [2.05, 4.69) is 22.4 Å². The maximum atomic E-state index is 11.7. The Morgan fingerprint density at radius 1 is 1.33 bits per heavy atom. The predicted octanol–water partition coefficient (Wildman–Crippen LogP) is 3.00. The fraction of sp³-hybridized carbons (Fsp3) is 0.471. The van der Waals surface area contributed by atoms with Crippen LogP contribution >= 0.6 is 0 Å². The van der Waals surface area contributed by atoms with E-state index in [-0.39, 0.29) is 18.2 Å². The van der Waals surface area contributed by atoms with Crippen molar-refractivity contribution in [2.45, 2.75) is 39.3 Å². The van der Waals surface area contributed by atoms with E-state index >= 15 is 0 Å². The van der Waals surface area contributed by atoms with Gasteiger partial charge in [-0.2, -0.15) is 4.98 Å². The van der Waals surface area contributed by atoms with Gasteiger partial charge in [0.2, 0.25) is 5.89 Å². The van der Waals surface area contributed by atoms with Gasteiger partial charge in [0.15, 0.2) is 5.82 Å². The summed E-state index contributed by atoms with van der Waals surface area (Å²) in [5.41, 5.74) is 1.93. The predicted molar refractivity (Wildman–Crippen MR) is 88.8 cm³/mol. The Balaban J connectivity index is 1.70. The zero-order valence-electron chi connectivity index (χ0n) is 14.2. The first-order chi connectivity index (χ1) is 11.6. The van der Waals surface area contributed by atoms with Gasteiger partial charge < -0.3 is 9.26 Å². The number of anilines is 1. The number of aryl methyl sites for hydroxylation is 1. The molecule has 1 aliphatic rings. The zero-order chi connectivity index (χ0) is 17.1. The molecule has 0 radical (unpaired) electrons. The van der Waals surface area contributed by atoms with E-state index in [1.165, 1.54) is 0 Å². The van der Waals surface area contributed by atoms with Crippen molar-refractivity contribution in [1.82, 2.24) is 15.5 Å². The van der Waals surface area contributed by atoms with Crippen molar-refractivity contribution < 1.29 is 14.1 Å². The lowest BCUT2D eigenvalue weighted by Gasteiger charge is -2.20. The first-order valence-corrected chi connectivity index (χ1v) is 8.21. The second-order valence-electron chi connectivity index (χ2n) is 5.87. The number of cyclic esters (lactones) is 1. The largest absolute Gasteiger partial charge is 0.447 e. The number of hydrogen-bond donors (Lipinski definition) is 1. The number of carbonyl (C=O) groups is 1. The number of carbonyl (C=O) groups excluding carboxylic acids is 1. The van der Waals surface area contributed by atoms with Crippen LogP contribution in [0.25, 0.3) is 0 Å². The molecule has 1 amide bonds. The number of ether oxygens (including phenoxy) is 1. The number of hydrogen-bond acceptors (Lipinski definition) is 6. The molecule has 1 aliphatic heterocycles. The molecule has 1 fully saturated rings. The van der Waals surface area contributed by atoms with Crippen molar-refractivity contribution in [1.29, 1.82) is 0 Å². The molecular formula is C17H22N4O3. The molecule has 24 heavy (non-hydrogen) atoms. The highest BCUT2D eigenvalue weighted by atomic mass is 16.6. The summed E-state index contributed by atoms with van der Waals surface area (Å²) >= 11 is 0. The molecule has 3 rings (SSSR count). The maximum Gasteiger partial charge on any atom is 0.414 e. The van der Waals surface area contributed by atoms with Crippen LogP contribution in [0.1, 0.15) is 50.1 Å². The van der Waals surface area contributed by atoms with E-state index < -0.39 is 0 Å². The highest BCUT2D eigenvalue weighted by Gasteiger charge is 2.24. The molecule has 7 nitrogen and oxygen atoms in total. The molecule has 0 aliphatic carbocycles. The van der Waals surface area contributed by atoms with Gasteiger partial charge in [-0.25, -0.2) is 4.79 Å². The third-order valence-electron chi connectivity index (χ3n) is 4.11. The summed E-state index contributed by atoms with van der Waals surface area (Å²) in [6.07, 6.45) is 0.457. The molecule has 128 valence electrons. The summed E-state index contributed by atoms with van der Waals surface area (Å²) in [4.78, 5) is 17.7. The van der Waals surface area contributed by atoms with Crippen molar-refractivity contribution in [2.24, 2.45) is 0 Å². The lowest BCUT2D eigenvalue weighted by molar-refractivity contribution is 0.181. The van der Waals surface area contributed by atoms with E-state index in [1.54, 1.807) is 4.90 Å². The fourth-order valence-electron chi connectivity index (χ4n) is 2.72. The Kier molecular flexibility index (Phi) is 4.80. The number of amides is 1. The van der Waals surface area contributed by atoms with Gasteiger partial charge in [0.05, 0.1) is 12.6 Å². The second-order valence-corrected chi connectivity index (χ2v) is 5.87. The molecular weight excluding hydrogens is 308 g/mol. The van der Waals surface area contributed by atoms with E-state index in [0.29, 0.717) is 24.9 Å². The van der Waals surface area contributed by atoms with Gasteiger partial charge in [-0.05, 0) is 31.5 Å². The van der Waals surface area contributed by atoms with Crippen LogP contribution in [0.15, 0.2) is 28.8 Å². The van der Waals surface area contributed by atoms with Crippen molar-refractivity contribution in [3.63, 3.8) is 0 Å². The van der Waals surface area contributed by atoms with Crippen molar-refractivity contribution in [3.05, 3.63) is 41.5 Å². The summed E-state index contributed by atoms with van der Waals surface area (Å²) in [6.45, 7) is 7.07. The molecule has 2 atom stereocenters. The highest BCUT2D eigenvalue weighted by molar-refractivity contribution is 5.89. The lowest BCUT2D eigenvalue weighted by atomic mass is 10.1. The van der Waals surface area contributed by atoms with Crippen LogP contribution in [-0.2, 0) is 11.2 Å². The van der Waals surface area contributed by atoms with E-state index in [4.69, 9.17) is 9.26 Å². The van der Waals surface area contributed by atoms with Gasteiger partial charge in [-0.15, -0.1) is 0 Å². The zero-order valence-corrected chi connectivity index (χ0v) is 14.2. The average Bonchev–Trinajstić information content (AvgIpc) is 3.23. The van der Waals surface area contributed by atoms with Gasteiger partial charge in [-0.3, -0.25) is 10.2 Å². The summed E-state index contributed by atoms with van der Waals surface area (Å²) in [5.74, 6) is 1.29. The number of aromatic nitrogens is 2. The van der Waals surface area contributed by atoms with Gasteiger partial charge in [0, 0.05) is 18.2 Å². The Morgan fingerprint density at radius 3 is 2.83 bits per heavy atom. The average molecular weight is 330 g/mol. The first kappa shape index (κ1) is 16.4. The minimum atomic E-state index is -0.293. The van der Waals surface area contributed by atoms with Gasteiger partial charge in [0.1, 0.15) is 6.61 Å². The number of nitrogens with zero attached hydrogens (tertiary/aromatic N) is 3. The molecule has 1 aromatic carbocycles. The van der Waals surface area contributed by atoms with Gasteiger partial charge in [-0.1, -0.05) is 24.2 Å². The Morgan fingerprint density at radius 2 is 2.17 bits per heavy atom. The Bertz CT molecular complexity index is 715. The van der Waals surface area contributed by atoms with Crippen LogP contribution in [0.2, 0.25) is 0 Å². The Hall–Kier alpha value is -2.41. The van der Waals surface area contributed by atoms with Crippen molar-refractivity contribution >= 4 is 11.8 Å².